The quantitative estimate of drug-likeness (QED) is 0.552. The molecule has 1 aliphatic heterocycles. The molecule has 31 heavy (non-hydrogen) atoms. The van der Waals surface area contributed by atoms with Crippen LogP contribution in [-0.4, -0.2) is 43.5 Å². The molecule has 4 aromatic rings. The lowest BCUT2D eigenvalue weighted by atomic mass is 9.99. The zero-order valence-corrected chi connectivity index (χ0v) is 17.7. The first-order chi connectivity index (χ1) is 15.0. The first-order valence-electron chi connectivity index (χ1n) is 10.2. The second kappa shape index (κ2) is 7.46. The van der Waals surface area contributed by atoms with Crippen molar-refractivity contribution in [2.75, 3.05) is 23.3 Å². The third-order valence-electron chi connectivity index (χ3n) is 5.59. The lowest BCUT2D eigenvalue weighted by Gasteiger charge is -2.39. The zero-order valence-electron chi connectivity index (χ0n) is 17.7. The Morgan fingerprint density at radius 3 is 2.68 bits per heavy atom. The Kier molecular flexibility index (Phi) is 4.62. The Labute approximate surface area is 180 Å². The van der Waals surface area contributed by atoms with Crippen molar-refractivity contribution in [3.8, 4) is 11.3 Å². The van der Waals surface area contributed by atoms with E-state index in [2.05, 4.69) is 48.9 Å². The van der Waals surface area contributed by atoms with Crippen LogP contribution in [0.5, 0.6) is 0 Å². The van der Waals surface area contributed by atoms with Crippen LogP contribution in [-0.2, 0) is 11.8 Å². The average molecular weight is 413 g/mol. The van der Waals surface area contributed by atoms with E-state index in [0.717, 1.165) is 47.0 Å². The monoisotopic (exact) mass is 413 g/mol. The highest BCUT2D eigenvalue weighted by molar-refractivity contribution is 5.92. The van der Waals surface area contributed by atoms with E-state index in [0.29, 0.717) is 17.6 Å². The standard InChI is InChI=1S/C23H23N7O/c1-14-25-19(17-7-6-10-24-22(17)27-15(2)31)11-21(26-14)30-12-16(13-30)23-28-18-8-4-5-9-20(18)29(23)3/h4-11,16H,12-13H2,1-3H3,(H,24,27,31). The van der Waals surface area contributed by atoms with E-state index in [1.807, 2.05) is 37.3 Å². The maximum absolute atomic E-state index is 11.6. The van der Waals surface area contributed by atoms with Gasteiger partial charge in [-0.25, -0.2) is 19.9 Å². The summed E-state index contributed by atoms with van der Waals surface area (Å²) < 4.78 is 2.18. The molecule has 1 aliphatic rings. The fourth-order valence-electron chi connectivity index (χ4n) is 4.09. The number of carbonyl (C=O) groups is 1. The molecule has 1 aromatic carbocycles. The smallest absolute Gasteiger partial charge is 0.222 e. The van der Waals surface area contributed by atoms with Crippen LogP contribution in [0.3, 0.4) is 0 Å². The summed E-state index contributed by atoms with van der Waals surface area (Å²) >= 11 is 0. The van der Waals surface area contributed by atoms with Gasteiger partial charge >= 0.3 is 0 Å². The van der Waals surface area contributed by atoms with Gasteiger partial charge in [-0.05, 0) is 31.2 Å². The number of anilines is 2. The largest absolute Gasteiger partial charge is 0.355 e. The number of amides is 1. The number of aromatic nitrogens is 5. The zero-order chi connectivity index (χ0) is 21.5. The van der Waals surface area contributed by atoms with Gasteiger partial charge in [0.15, 0.2) is 0 Å². The van der Waals surface area contributed by atoms with Crippen molar-refractivity contribution < 1.29 is 4.79 Å². The molecule has 0 radical (unpaired) electrons. The molecule has 1 saturated heterocycles. The number of carbonyl (C=O) groups excluding carboxylic acids is 1. The van der Waals surface area contributed by atoms with Crippen LogP contribution in [0.4, 0.5) is 11.6 Å². The Bertz CT molecular complexity index is 1290. The molecule has 3 aromatic heterocycles. The summed E-state index contributed by atoms with van der Waals surface area (Å²) in [5.41, 5.74) is 3.70. The van der Waals surface area contributed by atoms with Crippen molar-refractivity contribution in [2.45, 2.75) is 19.8 Å². The molecule has 0 unspecified atom stereocenters. The van der Waals surface area contributed by atoms with Gasteiger partial charge in [-0.15, -0.1) is 0 Å². The van der Waals surface area contributed by atoms with Gasteiger partial charge in [0.25, 0.3) is 0 Å². The van der Waals surface area contributed by atoms with Crippen LogP contribution in [0.15, 0.2) is 48.7 Å². The van der Waals surface area contributed by atoms with Gasteiger partial charge < -0.3 is 14.8 Å². The highest BCUT2D eigenvalue weighted by Crippen LogP contribution is 2.34. The van der Waals surface area contributed by atoms with Crippen LogP contribution in [0.1, 0.15) is 24.5 Å². The first-order valence-corrected chi connectivity index (χ1v) is 10.2. The number of pyridine rings is 1. The van der Waals surface area contributed by atoms with Gasteiger partial charge in [0.2, 0.25) is 5.91 Å². The predicted octanol–water partition coefficient (Wildman–Crippen LogP) is 3.30. The Hall–Kier alpha value is -3.81. The van der Waals surface area contributed by atoms with Crippen molar-refractivity contribution in [1.29, 1.82) is 0 Å². The molecule has 4 heterocycles. The molecule has 5 rings (SSSR count). The van der Waals surface area contributed by atoms with Crippen molar-refractivity contribution in [1.82, 2.24) is 24.5 Å². The number of fused-ring (bicyclic) bond motifs is 1. The SMILES string of the molecule is CC(=O)Nc1ncccc1-c1cc(N2CC(c3nc4ccccc4n3C)C2)nc(C)n1. The van der Waals surface area contributed by atoms with Crippen molar-refractivity contribution in [3.05, 3.63) is 60.3 Å². The van der Waals surface area contributed by atoms with Gasteiger partial charge in [0.05, 0.1) is 22.6 Å². The number of benzene rings is 1. The summed E-state index contributed by atoms with van der Waals surface area (Å²) in [6, 6.07) is 13.9. The second-order valence-corrected chi connectivity index (χ2v) is 7.86. The number of hydrogen-bond donors (Lipinski definition) is 1. The minimum atomic E-state index is -0.168. The Balaban J connectivity index is 1.41. The number of rotatable bonds is 4. The minimum Gasteiger partial charge on any atom is -0.355 e. The molecule has 0 aliphatic carbocycles. The van der Waals surface area contributed by atoms with Crippen LogP contribution in [0.25, 0.3) is 22.3 Å². The predicted molar refractivity (Wildman–Crippen MR) is 120 cm³/mol. The van der Waals surface area contributed by atoms with E-state index in [1.165, 1.54) is 6.92 Å². The van der Waals surface area contributed by atoms with E-state index >= 15 is 0 Å². The fourth-order valence-corrected chi connectivity index (χ4v) is 4.09. The molecule has 8 nitrogen and oxygen atoms in total. The number of para-hydroxylation sites is 2. The number of nitrogens with one attached hydrogen (secondary N) is 1. The van der Waals surface area contributed by atoms with Gasteiger partial charge in [0.1, 0.15) is 23.3 Å². The van der Waals surface area contributed by atoms with Gasteiger partial charge in [-0.3, -0.25) is 4.79 Å². The van der Waals surface area contributed by atoms with Crippen LogP contribution in [0.2, 0.25) is 0 Å². The van der Waals surface area contributed by atoms with Gasteiger partial charge in [-0.1, -0.05) is 12.1 Å². The van der Waals surface area contributed by atoms with Crippen molar-refractivity contribution in [3.63, 3.8) is 0 Å². The fraction of sp³-hybridized carbons (Fsp3) is 0.261. The number of aryl methyl sites for hydroxylation is 2. The lowest BCUT2D eigenvalue weighted by Crippen LogP contribution is -2.46. The lowest BCUT2D eigenvalue weighted by molar-refractivity contribution is -0.114. The average Bonchev–Trinajstić information content (AvgIpc) is 3.03. The third-order valence-corrected chi connectivity index (χ3v) is 5.59. The Morgan fingerprint density at radius 1 is 1.10 bits per heavy atom. The first kappa shape index (κ1) is 19.2. The topological polar surface area (TPSA) is 88.8 Å². The van der Waals surface area contributed by atoms with E-state index < -0.39 is 0 Å². The maximum atomic E-state index is 11.6. The molecule has 156 valence electrons. The molecular weight excluding hydrogens is 390 g/mol. The molecule has 1 fully saturated rings. The van der Waals surface area contributed by atoms with E-state index in [-0.39, 0.29) is 5.91 Å². The molecule has 0 atom stereocenters. The highest BCUT2D eigenvalue weighted by Gasteiger charge is 2.33. The van der Waals surface area contributed by atoms with Gasteiger partial charge in [-0.2, -0.15) is 0 Å². The van der Waals surface area contributed by atoms with Crippen molar-refractivity contribution >= 4 is 28.6 Å². The van der Waals surface area contributed by atoms with Crippen molar-refractivity contribution in [2.24, 2.45) is 7.05 Å². The number of hydrogen-bond acceptors (Lipinski definition) is 6. The summed E-state index contributed by atoms with van der Waals surface area (Å²) in [7, 11) is 2.08. The third kappa shape index (κ3) is 3.50. The van der Waals surface area contributed by atoms with Crippen LogP contribution >= 0.6 is 0 Å². The molecular formula is C23H23N7O. The maximum Gasteiger partial charge on any atom is 0.222 e. The summed E-state index contributed by atoms with van der Waals surface area (Å²) in [6.45, 7) is 5.04. The molecule has 1 N–H and O–H groups in total. The molecule has 0 bridgehead atoms. The Morgan fingerprint density at radius 2 is 1.90 bits per heavy atom. The molecule has 1 amide bonds. The number of imidazole rings is 1. The van der Waals surface area contributed by atoms with Gasteiger partial charge in [0, 0.05) is 44.9 Å². The summed E-state index contributed by atoms with van der Waals surface area (Å²) in [6.07, 6.45) is 1.65. The molecule has 0 spiro atoms. The second-order valence-electron chi connectivity index (χ2n) is 7.86. The number of nitrogens with zero attached hydrogens (tertiary/aromatic N) is 6. The summed E-state index contributed by atoms with van der Waals surface area (Å²) in [5.74, 6) is 3.33. The summed E-state index contributed by atoms with van der Waals surface area (Å²) in [5, 5.41) is 2.78. The van der Waals surface area contributed by atoms with E-state index in [9.17, 15) is 4.79 Å². The molecule has 8 heteroatoms. The molecule has 0 saturated carbocycles. The van der Waals surface area contributed by atoms with E-state index in [1.54, 1.807) is 6.20 Å². The minimum absolute atomic E-state index is 0.168. The van der Waals surface area contributed by atoms with Crippen LogP contribution < -0.4 is 10.2 Å². The van der Waals surface area contributed by atoms with E-state index in [4.69, 9.17) is 4.98 Å². The summed E-state index contributed by atoms with van der Waals surface area (Å²) in [4.78, 5) is 32.2. The normalized spacial score (nSPS) is 14.0. The highest BCUT2D eigenvalue weighted by atomic mass is 16.1. The van der Waals surface area contributed by atoms with Crippen LogP contribution in [0, 0.1) is 6.92 Å².